The van der Waals surface area contributed by atoms with Crippen molar-refractivity contribution in [1.29, 1.82) is 0 Å². The lowest BCUT2D eigenvalue weighted by atomic mass is 9.84. The number of hydrogen-bond acceptors (Lipinski definition) is 2. The molecule has 3 nitrogen and oxygen atoms in total. The molecular weight excluding hydrogens is 212 g/mol. The van der Waals surface area contributed by atoms with Crippen LogP contribution in [0.25, 0.3) is 0 Å². The van der Waals surface area contributed by atoms with Crippen LogP contribution in [0, 0.1) is 5.92 Å². The highest BCUT2D eigenvalue weighted by molar-refractivity contribution is 5.81. The van der Waals surface area contributed by atoms with Crippen molar-refractivity contribution in [1.82, 2.24) is 10.6 Å². The maximum absolute atomic E-state index is 11.7. The van der Waals surface area contributed by atoms with Crippen molar-refractivity contribution in [3.63, 3.8) is 0 Å². The summed E-state index contributed by atoms with van der Waals surface area (Å²) in [6.45, 7) is 8.34. The molecule has 2 N–H and O–H groups in total. The summed E-state index contributed by atoms with van der Waals surface area (Å²) in [6, 6.07) is 0.411. The molecule has 0 heterocycles. The van der Waals surface area contributed by atoms with Crippen molar-refractivity contribution in [2.45, 2.75) is 58.0 Å². The maximum Gasteiger partial charge on any atom is 0.237 e. The zero-order valence-electron chi connectivity index (χ0n) is 11.2. The molecule has 1 aliphatic rings. The third-order valence-corrected chi connectivity index (χ3v) is 3.66. The quantitative estimate of drug-likeness (QED) is 0.697. The van der Waals surface area contributed by atoms with E-state index in [1.165, 1.54) is 32.1 Å². The summed E-state index contributed by atoms with van der Waals surface area (Å²) in [4.78, 5) is 11.7. The van der Waals surface area contributed by atoms with Crippen molar-refractivity contribution in [3.05, 3.63) is 12.7 Å². The fourth-order valence-electron chi connectivity index (χ4n) is 2.57. The average molecular weight is 238 g/mol. The molecule has 0 aromatic heterocycles. The largest absolute Gasteiger partial charge is 0.351 e. The van der Waals surface area contributed by atoms with Crippen LogP contribution < -0.4 is 10.6 Å². The Morgan fingerprint density at radius 2 is 2.29 bits per heavy atom. The van der Waals surface area contributed by atoms with E-state index in [2.05, 4.69) is 24.1 Å². The van der Waals surface area contributed by atoms with Crippen molar-refractivity contribution >= 4 is 5.91 Å². The maximum atomic E-state index is 11.7. The Bertz CT molecular complexity index is 253. The van der Waals surface area contributed by atoms with Gasteiger partial charge in [-0.2, -0.15) is 0 Å². The third kappa shape index (κ3) is 4.90. The summed E-state index contributed by atoms with van der Waals surface area (Å²) in [7, 11) is 0. The highest BCUT2D eigenvalue weighted by Crippen LogP contribution is 2.26. The van der Waals surface area contributed by atoms with Gasteiger partial charge >= 0.3 is 0 Å². The second-order valence-corrected chi connectivity index (χ2v) is 5.06. The fourth-order valence-corrected chi connectivity index (χ4v) is 2.57. The Morgan fingerprint density at radius 1 is 1.53 bits per heavy atom. The Balaban J connectivity index is 2.31. The van der Waals surface area contributed by atoms with E-state index in [1.54, 1.807) is 6.08 Å². The van der Waals surface area contributed by atoms with Gasteiger partial charge in [0.1, 0.15) is 0 Å². The molecule has 1 saturated carbocycles. The van der Waals surface area contributed by atoms with Crippen molar-refractivity contribution < 1.29 is 4.79 Å². The third-order valence-electron chi connectivity index (χ3n) is 3.66. The van der Waals surface area contributed by atoms with Crippen LogP contribution in [0.3, 0.4) is 0 Å². The van der Waals surface area contributed by atoms with Gasteiger partial charge in [-0.1, -0.05) is 32.3 Å². The number of rotatable bonds is 6. The van der Waals surface area contributed by atoms with E-state index in [0.29, 0.717) is 12.6 Å². The number of carbonyl (C=O) groups excluding carboxylic acids is 1. The lowest BCUT2D eigenvalue weighted by Crippen LogP contribution is -2.47. The molecule has 1 aliphatic carbocycles. The summed E-state index contributed by atoms with van der Waals surface area (Å²) >= 11 is 0. The molecule has 0 radical (unpaired) electrons. The molecule has 0 aromatic rings. The van der Waals surface area contributed by atoms with Crippen LogP contribution in [0.1, 0.15) is 46.0 Å². The Morgan fingerprint density at radius 3 is 2.94 bits per heavy atom. The summed E-state index contributed by atoms with van der Waals surface area (Å²) in [5.41, 5.74) is 0. The summed E-state index contributed by atoms with van der Waals surface area (Å²) in [5.74, 6) is 0.910. The van der Waals surface area contributed by atoms with Gasteiger partial charge in [0.15, 0.2) is 0 Å². The van der Waals surface area contributed by atoms with Gasteiger partial charge in [0.05, 0.1) is 6.04 Å². The van der Waals surface area contributed by atoms with E-state index in [1.807, 2.05) is 6.92 Å². The summed E-state index contributed by atoms with van der Waals surface area (Å²) in [6.07, 6.45) is 8.03. The number of hydrogen-bond donors (Lipinski definition) is 2. The molecule has 1 rings (SSSR count). The first kappa shape index (κ1) is 14.2. The molecule has 1 amide bonds. The van der Waals surface area contributed by atoms with Gasteiger partial charge < -0.3 is 10.6 Å². The molecule has 3 unspecified atom stereocenters. The van der Waals surface area contributed by atoms with Crippen LogP contribution >= 0.6 is 0 Å². The first-order valence-corrected chi connectivity index (χ1v) is 6.82. The van der Waals surface area contributed by atoms with Crippen LogP contribution in [0.15, 0.2) is 12.7 Å². The molecule has 3 heteroatoms. The van der Waals surface area contributed by atoms with E-state index < -0.39 is 0 Å². The molecule has 0 aliphatic heterocycles. The topological polar surface area (TPSA) is 41.1 Å². The van der Waals surface area contributed by atoms with Crippen LogP contribution in [-0.4, -0.2) is 24.5 Å². The standard InChI is InChI=1S/C14H26N2O/c1-4-9-15-14(17)11(3)16-13-8-6-7-12(5-2)10-13/h4,11-13,16H,1,5-10H2,2-3H3,(H,15,17). The minimum atomic E-state index is -0.101. The second-order valence-electron chi connectivity index (χ2n) is 5.06. The van der Waals surface area contributed by atoms with E-state index in [0.717, 1.165) is 5.92 Å². The minimum absolute atomic E-state index is 0.0727. The first-order chi connectivity index (χ1) is 8.17. The Kier molecular flexibility index (Phi) is 6.27. The fraction of sp³-hybridized carbons (Fsp3) is 0.786. The SMILES string of the molecule is C=CCNC(=O)C(C)NC1CCCC(CC)C1. The molecule has 1 fully saturated rings. The molecule has 17 heavy (non-hydrogen) atoms. The monoisotopic (exact) mass is 238 g/mol. The molecule has 3 atom stereocenters. The van der Waals surface area contributed by atoms with Gasteiger partial charge in [0.25, 0.3) is 0 Å². The van der Waals surface area contributed by atoms with Gasteiger partial charge in [-0.15, -0.1) is 6.58 Å². The molecule has 0 bridgehead atoms. The minimum Gasteiger partial charge on any atom is -0.351 e. The predicted molar refractivity (Wildman–Crippen MR) is 71.8 cm³/mol. The first-order valence-electron chi connectivity index (χ1n) is 6.82. The molecule has 0 spiro atoms. The molecule has 0 saturated heterocycles. The number of amides is 1. The lowest BCUT2D eigenvalue weighted by Gasteiger charge is -2.31. The summed E-state index contributed by atoms with van der Waals surface area (Å²) in [5, 5.41) is 6.27. The van der Waals surface area contributed by atoms with Crippen LogP contribution in [-0.2, 0) is 4.79 Å². The normalized spacial score (nSPS) is 26.2. The van der Waals surface area contributed by atoms with Crippen molar-refractivity contribution in [2.75, 3.05) is 6.54 Å². The molecule has 98 valence electrons. The van der Waals surface area contributed by atoms with Gasteiger partial charge in [-0.3, -0.25) is 4.79 Å². The van der Waals surface area contributed by atoms with Gasteiger partial charge in [0, 0.05) is 12.6 Å². The zero-order chi connectivity index (χ0) is 12.7. The van der Waals surface area contributed by atoms with E-state index in [9.17, 15) is 4.79 Å². The van der Waals surface area contributed by atoms with Crippen molar-refractivity contribution in [3.8, 4) is 0 Å². The highest BCUT2D eigenvalue weighted by Gasteiger charge is 2.23. The molecular formula is C14H26N2O. The van der Waals surface area contributed by atoms with E-state index in [-0.39, 0.29) is 11.9 Å². The van der Waals surface area contributed by atoms with Crippen LogP contribution in [0.5, 0.6) is 0 Å². The average Bonchev–Trinajstić information content (AvgIpc) is 2.36. The van der Waals surface area contributed by atoms with Crippen LogP contribution in [0.4, 0.5) is 0 Å². The molecule has 0 aromatic carbocycles. The summed E-state index contributed by atoms with van der Waals surface area (Å²) < 4.78 is 0. The van der Waals surface area contributed by atoms with Gasteiger partial charge in [-0.05, 0) is 25.7 Å². The second kappa shape index (κ2) is 7.49. The van der Waals surface area contributed by atoms with Crippen LogP contribution in [0.2, 0.25) is 0 Å². The van der Waals surface area contributed by atoms with E-state index in [4.69, 9.17) is 0 Å². The van der Waals surface area contributed by atoms with Crippen molar-refractivity contribution in [2.24, 2.45) is 5.92 Å². The number of nitrogens with one attached hydrogen (secondary N) is 2. The smallest absolute Gasteiger partial charge is 0.237 e. The van der Waals surface area contributed by atoms with E-state index >= 15 is 0 Å². The Hall–Kier alpha value is -0.830. The highest BCUT2D eigenvalue weighted by atomic mass is 16.2. The number of carbonyl (C=O) groups is 1. The van der Waals surface area contributed by atoms with Gasteiger partial charge in [-0.25, -0.2) is 0 Å². The zero-order valence-corrected chi connectivity index (χ0v) is 11.2. The van der Waals surface area contributed by atoms with Gasteiger partial charge in [0.2, 0.25) is 5.91 Å². The lowest BCUT2D eigenvalue weighted by molar-refractivity contribution is -0.122. The predicted octanol–water partition coefficient (Wildman–Crippen LogP) is 2.24. The Labute approximate surface area is 105 Å².